The molecule has 9 heteroatoms. The fourth-order valence-corrected chi connectivity index (χ4v) is 15.1. The lowest BCUT2D eigenvalue weighted by molar-refractivity contribution is -0.163. The maximum absolute atomic E-state index is 13.4. The van der Waals surface area contributed by atoms with Gasteiger partial charge in [-0.05, 0) is 120 Å². The summed E-state index contributed by atoms with van der Waals surface area (Å²) in [5.41, 5.74) is 1.71. The van der Waals surface area contributed by atoms with Gasteiger partial charge in [0.1, 0.15) is 5.75 Å². The second kappa shape index (κ2) is 18.4. The van der Waals surface area contributed by atoms with Gasteiger partial charge in [-0.15, -0.1) is 13.2 Å². The molecule has 0 bridgehead atoms. The number of halogens is 1. The first kappa shape index (κ1) is 43.9. The van der Waals surface area contributed by atoms with Crippen LogP contribution < -0.4 is 25.3 Å². The third-order valence-electron chi connectivity index (χ3n) is 13.5. The van der Waals surface area contributed by atoms with E-state index in [4.69, 9.17) is 25.5 Å². The second-order valence-corrected chi connectivity index (χ2v) is 22.9. The molecule has 1 aliphatic heterocycles. The maximum atomic E-state index is 13.4. The van der Waals surface area contributed by atoms with Crippen LogP contribution in [0.25, 0.3) is 0 Å². The number of hydrogen-bond acceptors (Lipinski definition) is 7. The first-order valence-corrected chi connectivity index (χ1v) is 24.0. The van der Waals surface area contributed by atoms with Crippen molar-refractivity contribution >= 4 is 41.9 Å². The number of esters is 1. The van der Waals surface area contributed by atoms with Crippen LogP contribution in [0.5, 0.6) is 5.75 Å². The smallest absolute Gasteiger partial charge is 0.343 e. The first-order valence-electron chi connectivity index (χ1n) is 21.7. The average molecular weight is 848 g/mol. The maximum Gasteiger partial charge on any atom is 0.343 e. The van der Waals surface area contributed by atoms with E-state index in [0.29, 0.717) is 25.3 Å². The summed E-state index contributed by atoms with van der Waals surface area (Å²) in [7, 11) is -1.54. The molecule has 2 aliphatic carbocycles. The normalized spacial score (nSPS) is 21.6. The number of ether oxygens (including phenoxy) is 2. The van der Waals surface area contributed by atoms with Crippen molar-refractivity contribution in [1.82, 2.24) is 5.32 Å². The summed E-state index contributed by atoms with van der Waals surface area (Å²) < 4.78 is 19.8. The molecule has 0 aromatic heterocycles. The first-order chi connectivity index (χ1) is 28.9. The van der Waals surface area contributed by atoms with E-state index >= 15 is 0 Å². The summed E-state index contributed by atoms with van der Waals surface area (Å²) in [6.45, 7) is 17.8. The number of aliphatic hydroxyl groups is 1. The highest BCUT2D eigenvalue weighted by Crippen LogP contribution is 2.49. The fourth-order valence-electron chi connectivity index (χ4n) is 10.2. The van der Waals surface area contributed by atoms with Crippen LogP contribution in [0.4, 0.5) is 5.69 Å². The summed E-state index contributed by atoms with van der Waals surface area (Å²) in [5, 5.41) is 18.5. The Morgan fingerprint density at radius 3 is 2.37 bits per heavy atom. The fraction of sp³-hybridized carbons (Fsp3) is 0.431. The number of carbonyl (C=O) groups is 1. The van der Waals surface area contributed by atoms with Gasteiger partial charge in [0.25, 0.3) is 8.32 Å². The number of hydrogen-bond donors (Lipinski definition) is 2. The Bertz CT molecular complexity index is 2090. The quantitative estimate of drug-likeness (QED) is 0.0505. The molecule has 4 aromatic carbocycles. The molecule has 2 N–H and O–H groups in total. The minimum absolute atomic E-state index is 0.0137. The molecule has 2 unspecified atom stereocenters. The van der Waals surface area contributed by atoms with Gasteiger partial charge < -0.3 is 29.2 Å². The number of benzene rings is 4. The standard InChI is InChI=1S/C51H63ClN2O5Si/c1-7-9-16-30-53-34-51(56,48(55)57-6)39-24-28-47-45(32-39)54(35-50(36-58-47)29-17-18-37-31-40(52)25-27-44(37)50)33-38-23-26-43(38)46(8-2)59-60(49(3,4)5,41-19-12-10-13-20-41)42-21-14-11-15-22-42/h7-8,10-15,19-22,24-25,27-28,31-32,38,43,46,53,56H,1-2,9,16-18,23,26,29-30,33-36H2,3-6H3/t38-,43+,46?,50-,51?/m0/s1. The van der Waals surface area contributed by atoms with Crippen LogP contribution in [0.2, 0.25) is 10.1 Å². The van der Waals surface area contributed by atoms with Gasteiger partial charge in [0, 0.05) is 30.1 Å². The molecule has 60 heavy (non-hydrogen) atoms. The van der Waals surface area contributed by atoms with Crippen molar-refractivity contribution in [1.29, 1.82) is 0 Å². The zero-order valence-electron chi connectivity index (χ0n) is 35.9. The van der Waals surface area contributed by atoms with Crippen LogP contribution >= 0.6 is 11.6 Å². The van der Waals surface area contributed by atoms with Gasteiger partial charge in [0.2, 0.25) is 0 Å². The molecular weight excluding hydrogens is 784 g/mol. The molecule has 0 radical (unpaired) electrons. The van der Waals surface area contributed by atoms with Crippen molar-refractivity contribution in [2.45, 2.75) is 87.9 Å². The van der Waals surface area contributed by atoms with Gasteiger partial charge in [0.05, 0.1) is 25.5 Å². The molecule has 5 atom stereocenters. The zero-order valence-corrected chi connectivity index (χ0v) is 37.7. The van der Waals surface area contributed by atoms with E-state index in [1.807, 2.05) is 30.3 Å². The van der Waals surface area contributed by atoms with E-state index in [0.717, 1.165) is 68.0 Å². The Hall–Kier alpha value is -4.18. The minimum Gasteiger partial charge on any atom is -0.490 e. The highest BCUT2D eigenvalue weighted by Gasteiger charge is 2.53. The van der Waals surface area contributed by atoms with Crippen molar-refractivity contribution < 1.29 is 23.8 Å². The van der Waals surface area contributed by atoms with Crippen molar-refractivity contribution in [3.05, 3.63) is 144 Å². The van der Waals surface area contributed by atoms with Gasteiger partial charge in [-0.25, -0.2) is 4.79 Å². The van der Waals surface area contributed by atoms with Gasteiger partial charge in [0.15, 0.2) is 5.60 Å². The lowest BCUT2D eigenvalue weighted by Gasteiger charge is -2.50. The Labute approximate surface area is 363 Å². The van der Waals surface area contributed by atoms with E-state index in [1.54, 1.807) is 0 Å². The number of carbonyl (C=O) groups excluding carboxylic acids is 1. The second-order valence-electron chi connectivity index (χ2n) is 18.2. The molecule has 1 fully saturated rings. The van der Waals surface area contributed by atoms with Crippen LogP contribution in [-0.4, -0.2) is 65.4 Å². The number of nitrogens with zero attached hydrogens (tertiary/aromatic N) is 1. The van der Waals surface area contributed by atoms with Crippen LogP contribution in [0, 0.1) is 11.8 Å². The summed E-state index contributed by atoms with van der Waals surface area (Å²) in [6, 6.07) is 33.7. The highest BCUT2D eigenvalue weighted by atomic mass is 35.5. The van der Waals surface area contributed by atoms with Gasteiger partial charge in [-0.1, -0.05) is 117 Å². The molecule has 1 saturated carbocycles. The van der Waals surface area contributed by atoms with E-state index < -0.39 is 19.9 Å². The molecule has 7 nitrogen and oxygen atoms in total. The van der Waals surface area contributed by atoms with Crippen molar-refractivity contribution in [2.24, 2.45) is 11.8 Å². The lowest BCUT2D eigenvalue weighted by Crippen LogP contribution is -2.68. The number of rotatable bonds is 16. The molecule has 7 rings (SSSR count). The van der Waals surface area contributed by atoms with E-state index in [-0.39, 0.29) is 34.9 Å². The molecular formula is C51H63ClN2O5Si. The number of anilines is 1. The lowest BCUT2D eigenvalue weighted by atomic mass is 9.68. The monoisotopic (exact) mass is 846 g/mol. The predicted octanol–water partition coefficient (Wildman–Crippen LogP) is 8.89. The van der Waals surface area contributed by atoms with E-state index in [9.17, 15) is 9.90 Å². The van der Waals surface area contributed by atoms with E-state index in [2.05, 4.69) is 123 Å². The molecule has 0 saturated heterocycles. The zero-order chi connectivity index (χ0) is 42.5. The number of unbranched alkanes of at least 4 members (excludes halogenated alkanes) is 1. The molecule has 4 aromatic rings. The SMILES string of the molecule is C=CCCCNCC(O)(C(=O)OC)c1ccc2c(c1)N(C[C@@H]1CC[C@H]1C(C=C)O[Si](c1ccccc1)(c1ccccc1)C(C)(C)C)C[C@@]1(CCCc3cc(Cl)ccc31)CO2. The van der Waals surface area contributed by atoms with Gasteiger partial charge in [-0.3, -0.25) is 0 Å². The Kier molecular flexibility index (Phi) is 13.5. The number of methoxy groups -OCH3 is 1. The van der Waals surface area contributed by atoms with Gasteiger partial charge >= 0.3 is 5.97 Å². The summed E-state index contributed by atoms with van der Waals surface area (Å²) in [5.74, 6) is 0.558. The highest BCUT2D eigenvalue weighted by molar-refractivity contribution is 6.99. The Balaban J connectivity index is 1.27. The van der Waals surface area contributed by atoms with Gasteiger partial charge in [-0.2, -0.15) is 0 Å². The molecule has 0 amide bonds. The minimum atomic E-state index is -2.86. The Morgan fingerprint density at radius 1 is 1.03 bits per heavy atom. The van der Waals surface area contributed by atoms with Crippen molar-refractivity contribution in [2.75, 3.05) is 44.8 Å². The van der Waals surface area contributed by atoms with Crippen LogP contribution in [0.15, 0.2) is 122 Å². The van der Waals surface area contributed by atoms with E-state index in [1.165, 1.54) is 28.6 Å². The average Bonchev–Trinajstić information content (AvgIpc) is 3.39. The summed E-state index contributed by atoms with van der Waals surface area (Å²) >= 11 is 6.57. The number of fused-ring (bicyclic) bond motifs is 3. The summed E-state index contributed by atoms with van der Waals surface area (Å²) in [6.07, 6.45) is 10.5. The largest absolute Gasteiger partial charge is 0.490 e. The van der Waals surface area contributed by atoms with Crippen molar-refractivity contribution in [3.8, 4) is 5.75 Å². The predicted molar refractivity (Wildman–Crippen MR) is 247 cm³/mol. The topological polar surface area (TPSA) is 80.3 Å². The Morgan fingerprint density at radius 2 is 1.75 bits per heavy atom. The van der Waals surface area contributed by atoms with Crippen LogP contribution in [0.1, 0.15) is 76.0 Å². The third kappa shape index (κ3) is 8.51. The number of nitrogens with one attached hydrogen (secondary N) is 1. The number of allylic oxidation sites excluding steroid dienone is 1. The molecule has 1 spiro atoms. The third-order valence-corrected chi connectivity index (χ3v) is 18.8. The number of aryl methyl sites for hydroxylation is 1. The van der Waals surface area contributed by atoms with Crippen LogP contribution in [0.3, 0.4) is 0 Å². The molecule has 318 valence electrons. The summed E-state index contributed by atoms with van der Waals surface area (Å²) in [4.78, 5) is 15.9. The molecule has 3 aliphatic rings. The molecule has 1 heterocycles. The van der Waals surface area contributed by atoms with Crippen LogP contribution in [-0.2, 0) is 31.4 Å². The van der Waals surface area contributed by atoms with Crippen molar-refractivity contribution in [3.63, 3.8) is 0 Å².